The number of amides is 2. The van der Waals surface area contributed by atoms with Crippen molar-refractivity contribution in [3.8, 4) is 0 Å². The molecule has 2 rings (SSSR count). The lowest BCUT2D eigenvalue weighted by Gasteiger charge is -2.37. The highest BCUT2D eigenvalue weighted by Gasteiger charge is 2.30. The maximum absolute atomic E-state index is 12.3. The van der Waals surface area contributed by atoms with Crippen LogP contribution in [0.3, 0.4) is 0 Å². The lowest BCUT2D eigenvalue weighted by atomic mass is 10.1. The number of nitrogens with two attached hydrogens (primary N) is 1. The van der Waals surface area contributed by atoms with Gasteiger partial charge in [-0.2, -0.15) is 0 Å². The van der Waals surface area contributed by atoms with E-state index in [2.05, 4.69) is 5.16 Å². The predicted octanol–water partition coefficient (Wildman–Crippen LogP) is -0.148. The number of hydrogen-bond donors (Lipinski definition) is 1. The summed E-state index contributed by atoms with van der Waals surface area (Å²) in [7, 11) is 1.85. The summed E-state index contributed by atoms with van der Waals surface area (Å²) < 4.78 is 5.09. The Bertz CT molecular complexity index is 521. The van der Waals surface area contributed by atoms with Gasteiger partial charge >= 0.3 is 0 Å². The Morgan fingerprint density at radius 2 is 2.10 bits per heavy atom. The first-order valence-corrected chi connectivity index (χ1v) is 7.09. The van der Waals surface area contributed by atoms with E-state index in [0.717, 1.165) is 17.0 Å². The first-order chi connectivity index (χ1) is 9.90. The molecule has 1 aliphatic rings. The normalized spacial score (nSPS) is 19.8. The minimum Gasteiger partial charge on any atom is -0.368 e. The quantitative estimate of drug-likeness (QED) is 0.834. The van der Waals surface area contributed by atoms with Crippen LogP contribution in [-0.2, 0) is 16.0 Å². The number of aromatic nitrogens is 1. The standard InChI is InChI=1S/C14H22N4O3/c1-9-11(10(2)21-16-9)4-5-13(19)18-7-6-17(3)12(8-18)14(15)20/h12H,4-8H2,1-3H3,(H2,15,20)/t12-/m0/s1. The minimum atomic E-state index is -0.401. The van der Waals surface area contributed by atoms with Gasteiger partial charge in [0.2, 0.25) is 11.8 Å². The van der Waals surface area contributed by atoms with Crippen LogP contribution in [0.2, 0.25) is 0 Å². The van der Waals surface area contributed by atoms with Crippen LogP contribution >= 0.6 is 0 Å². The van der Waals surface area contributed by atoms with Crippen LogP contribution in [0, 0.1) is 13.8 Å². The molecule has 1 atom stereocenters. The zero-order chi connectivity index (χ0) is 15.6. The number of hydrogen-bond acceptors (Lipinski definition) is 5. The van der Waals surface area contributed by atoms with E-state index in [1.54, 1.807) is 4.90 Å². The second kappa shape index (κ2) is 6.26. The molecule has 116 valence electrons. The minimum absolute atomic E-state index is 0.0364. The SMILES string of the molecule is Cc1noc(C)c1CCC(=O)N1CCN(C)[C@H](C(N)=O)C1. The van der Waals surface area contributed by atoms with Gasteiger partial charge in [-0.3, -0.25) is 14.5 Å². The van der Waals surface area contributed by atoms with Crippen molar-refractivity contribution in [1.29, 1.82) is 0 Å². The van der Waals surface area contributed by atoms with Crippen LogP contribution in [0.25, 0.3) is 0 Å². The molecule has 0 aliphatic carbocycles. The van der Waals surface area contributed by atoms with Crippen molar-refractivity contribution in [2.24, 2.45) is 5.73 Å². The highest BCUT2D eigenvalue weighted by Crippen LogP contribution is 2.16. The van der Waals surface area contributed by atoms with E-state index in [-0.39, 0.29) is 11.8 Å². The molecule has 21 heavy (non-hydrogen) atoms. The summed E-state index contributed by atoms with van der Waals surface area (Å²) in [6, 6.07) is -0.401. The molecule has 1 aromatic rings. The molecule has 2 N–H and O–H groups in total. The first-order valence-electron chi connectivity index (χ1n) is 7.09. The van der Waals surface area contributed by atoms with Gasteiger partial charge in [0.05, 0.1) is 5.69 Å². The topological polar surface area (TPSA) is 92.7 Å². The molecule has 0 aromatic carbocycles. The molecule has 7 nitrogen and oxygen atoms in total. The fraction of sp³-hybridized carbons (Fsp3) is 0.643. The van der Waals surface area contributed by atoms with Crippen molar-refractivity contribution in [1.82, 2.24) is 15.0 Å². The Morgan fingerprint density at radius 1 is 1.38 bits per heavy atom. The highest BCUT2D eigenvalue weighted by molar-refractivity contribution is 5.82. The maximum atomic E-state index is 12.3. The molecule has 7 heteroatoms. The molecule has 0 radical (unpaired) electrons. The van der Waals surface area contributed by atoms with Crippen LogP contribution < -0.4 is 5.73 Å². The van der Waals surface area contributed by atoms with Gasteiger partial charge in [0.25, 0.3) is 0 Å². The molecular weight excluding hydrogens is 272 g/mol. The molecule has 0 saturated carbocycles. The molecule has 2 heterocycles. The Hall–Kier alpha value is -1.89. The van der Waals surface area contributed by atoms with Crippen molar-refractivity contribution in [2.75, 3.05) is 26.7 Å². The summed E-state index contributed by atoms with van der Waals surface area (Å²) in [4.78, 5) is 27.3. The summed E-state index contributed by atoms with van der Waals surface area (Å²) in [5.41, 5.74) is 7.19. The van der Waals surface area contributed by atoms with Gasteiger partial charge in [-0.15, -0.1) is 0 Å². The van der Waals surface area contributed by atoms with E-state index in [9.17, 15) is 9.59 Å². The van der Waals surface area contributed by atoms with Crippen LogP contribution in [0.5, 0.6) is 0 Å². The zero-order valence-corrected chi connectivity index (χ0v) is 12.8. The van der Waals surface area contributed by atoms with Crippen molar-refractivity contribution >= 4 is 11.8 Å². The monoisotopic (exact) mass is 294 g/mol. The van der Waals surface area contributed by atoms with Gasteiger partial charge in [0.1, 0.15) is 11.8 Å². The van der Waals surface area contributed by atoms with E-state index in [1.165, 1.54) is 0 Å². The zero-order valence-electron chi connectivity index (χ0n) is 12.8. The van der Waals surface area contributed by atoms with E-state index in [4.69, 9.17) is 10.3 Å². The van der Waals surface area contributed by atoms with Gasteiger partial charge in [0, 0.05) is 31.6 Å². The lowest BCUT2D eigenvalue weighted by molar-refractivity contribution is -0.136. The van der Waals surface area contributed by atoms with Gasteiger partial charge in [-0.25, -0.2) is 0 Å². The second-order valence-electron chi connectivity index (χ2n) is 5.54. The van der Waals surface area contributed by atoms with Crippen molar-refractivity contribution in [3.05, 3.63) is 17.0 Å². The Balaban J connectivity index is 1.93. The molecule has 0 unspecified atom stereocenters. The fourth-order valence-corrected chi connectivity index (χ4v) is 2.66. The number of aryl methyl sites for hydroxylation is 2. The third kappa shape index (κ3) is 3.41. The highest BCUT2D eigenvalue weighted by atomic mass is 16.5. The third-order valence-electron chi connectivity index (χ3n) is 4.10. The summed E-state index contributed by atoms with van der Waals surface area (Å²) in [6.07, 6.45) is 0.992. The van der Waals surface area contributed by atoms with Crippen LogP contribution in [0.1, 0.15) is 23.4 Å². The van der Waals surface area contributed by atoms with E-state index in [0.29, 0.717) is 32.5 Å². The number of piperazine rings is 1. The molecule has 0 bridgehead atoms. The third-order valence-corrected chi connectivity index (χ3v) is 4.10. The summed E-state index contributed by atoms with van der Waals surface area (Å²) in [6.45, 7) is 5.37. The molecule has 0 spiro atoms. The van der Waals surface area contributed by atoms with Gasteiger partial charge in [-0.05, 0) is 27.3 Å². The van der Waals surface area contributed by atoms with E-state index in [1.807, 2.05) is 25.8 Å². The smallest absolute Gasteiger partial charge is 0.236 e. The molecule has 1 aliphatic heterocycles. The predicted molar refractivity (Wildman–Crippen MR) is 76.5 cm³/mol. The maximum Gasteiger partial charge on any atom is 0.236 e. The van der Waals surface area contributed by atoms with Gasteiger partial charge < -0.3 is 15.2 Å². The van der Waals surface area contributed by atoms with E-state index >= 15 is 0 Å². The van der Waals surface area contributed by atoms with Crippen LogP contribution in [-0.4, -0.2) is 59.5 Å². The molecule has 1 saturated heterocycles. The molecular formula is C14H22N4O3. The second-order valence-corrected chi connectivity index (χ2v) is 5.54. The number of likely N-dealkylation sites (N-methyl/N-ethyl adjacent to an activating group) is 1. The lowest BCUT2D eigenvalue weighted by Crippen LogP contribution is -2.57. The summed E-state index contributed by atoms with van der Waals surface area (Å²) >= 11 is 0. The number of rotatable bonds is 4. The summed E-state index contributed by atoms with van der Waals surface area (Å²) in [5, 5.41) is 3.88. The van der Waals surface area contributed by atoms with Crippen molar-refractivity contribution in [2.45, 2.75) is 32.7 Å². The number of carbonyl (C=O) groups is 2. The Labute approximate surface area is 124 Å². The number of carbonyl (C=O) groups excluding carboxylic acids is 2. The number of primary amides is 1. The van der Waals surface area contributed by atoms with Crippen LogP contribution in [0.4, 0.5) is 0 Å². The van der Waals surface area contributed by atoms with Crippen molar-refractivity contribution in [3.63, 3.8) is 0 Å². The summed E-state index contributed by atoms with van der Waals surface area (Å²) in [5.74, 6) is 0.406. The molecule has 1 fully saturated rings. The molecule has 1 aromatic heterocycles. The van der Waals surface area contributed by atoms with E-state index < -0.39 is 6.04 Å². The Kier molecular flexibility index (Phi) is 4.62. The average molecular weight is 294 g/mol. The number of nitrogens with zero attached hydrogens (tertiary/aromatic N) is 3. The van der Waals surface area contributed by atoms with Gasteiger partial charge in [-0.1, -0.05) is 5.16 Å². The van der Waals surface area contributed by atoms with Crippen LogP contribution in [0.15, 0.2) is 4.52 Å². The molecule has 2 amide bonds. The first kappa shape index (κ1) is 15.5. The fourth-order valence-electron chi connectivity index (χ4n) is 2.66. The average Bonchev–Trinajstić information content (AvgIpc) is 2.75. The Morgan fingerprint density at radius 3 is 2.67 bits per heavy atom. The largest absolute Gasteiger partial charge is 0.368 e. The van der Waals surface area contributed by atoms with Gasteiger partial charge in [0.15, 0.2) is 0 Å². The van der Waals surface area contributed by atoms with Crippen molar-refractivity contribution < 1.29 is 14.1 Å².